The third kappa shape index (κ3) is 8.45. The van der Waals surface area contributed by atoms with E-state index in [-0.39, 0.29) is 30.1 Å². The van der Waals surface area contributed by atoms with Crippen molar-refractivity contribution in [2.45, 2.75) is 89.8 Å². The van der Waals surface area contributed by atoms with Gasteiger partial charge in [-0.2, -0.15) is 0 Å². The Labute approximate surface area is 157 Å². The molecule has 4 atom stereocenters. The molecular weight excluding hydrogens is 332 g/mol. The lowest BCUT2D eigenvalue weighted by Crippen LogP contribution is -2.21. The number of aliphatic hydroxyl groups excluding tert-OH is 1. The van der Waals surface area contributed by atoms with E-state index in [1.165, 1.54) is 0 Å². The van der Waals surface area contributed by atoms with Crippen molar-refractivity contribution >= 4 is 11.8 Å². The van der Waals surface area contributed by atoms with E-state index in [1.54, 1.807) is 7.11 Å². The van der Waals surface area contributed by atoms with Crippen LogP contribution < -0.4 is 0 Å². The number of carbonyl (C=O) groups is 2. The van der Waals surface area contributed by atoms with Crippen LogP contribution in [0.25, 0.3) is 0 Å². The minimum atomic E-state index is -0.749. The van der Waals surface area contributed by atoms with Crippen LogP contribution in [0.5, 0.6) is 0 Å². The molecule has 5 nitrogen and oxygen atoms in total. The second-order valence-electron chi connectivity index (χ2n) is 7.42. The molecule has 0 spiro atoms. The third-order valence-corrected chi connectivity index (χ3v) is 5.33. The minimum absolute atomic E-state index is 0.0346. The maximum atomic E-state index is 12.4. The maximum absolute atomic E-state index is 12.4. The Kier molecular flexibility index (Phi) is 11.5. The zero-order valence-corrected chi connectivity index (χ0v) is 16.4. The number of unbranched alkanes of at least 4 members (excludes halogenated alkanes) is 5. The first-order valence-corrected chi connectivity index (χ1v) is 10.1. The molecule has 1 saturated carbocycles. The fourth-order valence-electron chi connectivity index (χ4n) is 3.76. The van der Waals surface area contributed by atoms with Crippen LogP contribution in [0.15, 0.2) is 12.2 Å². The van der Waals surface area contributed by atoms with Gasteiger partial charge in [0, 0.05) is 31.8 Å². The van der Waals surface area contributed by atoms with E-state index >= 15 is 0 Å². The lowest BCUT2D eigenvalue weighted by atomic mass is 9.88. The van der Waals surface area contributed by atoms with E-state index in [9.17, 15) is 14.7 Å². The standard InChI is InChI=1S/C21H36O5/c1-3-4-7-10-16(22)13-14-18-17(19(23)15-20(18)26-2)11-8-5-6-9-12-21(24)25/h13-14,16-18,20,22H,3-12,15H2,1-2H3,(H,24,25)/t16?,17-,18-,20-/m1/s1. The van der Waals surface area contributed by atoms with E-state index in [0.29, 0.717) is 12.8 Å². The zero-order valence-electron chi connectivity index (χ0n) is 16.4. The Morgan fingerprint density at radius 2 is 1.96 bits per heavy atom. The van der Waals surface area contributed by atoms with Crippen molar-refractivity contribution < 1.29 is 24.5 Å². The number of aliphatic carboxylic acids is 1. The van der Waals surface area contributed by atoms with Gasteiger partial charge in [0.15, 0.2) is 0 Å². The van der Waals surface area contributed by atoms with Gasteiger partial charge in [-0.05, 0) is 19.3 Å². The first kappa shape index (κ1) is 22.8. The molecule has 1 aliphatic carbocycles. The first-order chi connectivity index (χ1) is 12.5. The highest BCUT2D eigenvalue weighted by atomic mass is 16.5. The summed E-state index contributed by atoms with van der Waals surface area (Å²) in [6.45, 7) is 2.14. The Morgan fingerprint density at radius 1 is 1.23 bits per heavy atom. The highest BCUT2D eigenvalue weighted by Gasteiger charge is 2.40. The molecule has 1 rings (SSSR count). The lowest BCUT2D eigenvalue weighted by molar-refractivity contribution is -0.137. The average molecular weight is 369 g/mol. The highest BCUT2D eigenvalue weighted by Crippen LogP contribution is 2.36. The summed E-state index contributed by atoms with van der Waals surface area (Å²) in [6, 6.07) is 0. The number of aliphatic hydroxyl groups is 1. The van der Waals surface area contributed by atoms with Crippen molar-refractivity contribution in [2.75, 3.05) is 7.11 Å². The van der Waals surface area contributed by atoms with Crippen LogP contribution in [-0.4, -0.2) is 41.3 Å². The van der Waals surface area contributed by atoms with Crippen LogP contribution in [-0.2, 0) is 14.3 Å². The zero-order chi connectivity index (χ0) is 19.4. The fraction of sp³-hybridized carbons (Fsp3) is 0.810. The molecule has 0 aromatic heterocycles. The number of ketones is 1. The summed E-state index contributed by atoms with van der Waals surface area (Å²) < 4.78 is 5.51. The number of hydrogen-bond acceptors (Lipinski definition) is 4. The van der Waals surface area contributed by atoms with Gasteiger partial charge in [-0.3, -0.25) is 9.59 Å². The smallest absolute Gasteiger partial charge is 0.303 e. The molecule has 150 valence electrons. The van der Waals surface area contributed by atoms with Gasteiger partial charge in [-0.1, -0.05) is 57.6 Å². The Hall–Kier alpha value is -1.20. The minimum Gasteiger partial charge on any atom is -0.481 e. The van der Waals surface area contributed by atoms with E-state index in [4.69, 9.17) is 9.84 Å². The van der Waals surface area contributed by atoms with Crippen molar-refractivity contribution in [2.24, 2.45) is 11.8 Å². The number of methoxy groups -OCH3 is 1. The molecule has 0 aromatic carbocycles. The molecule has 1 unspecified atom stereocenters. The van der Waals surface area contributed by atoms with Crippen LogP contribution in [0.1, 0.15) is 77.6 Å². The number of carboxylic acids is 1. The molecule has 0 bridgehead atoms. The summed E-state index contributed by atoms with van der Waals surface area (Å²) >= 11 is 0. The molecule has 1 fully saturated rings. The maximum Gasteiger partial charge on any atom is 0.303 e. The second-order valence-corrected chi connectivity index (χ2v) is 7.42. The number of carboxylic acid groups (broad SMARTS) is 1. The molecular formula is C21H36O5. The summed E-state index contributed by atoms with van der Waals surface area (Å²) in [5.74, 6) is -0.509. The van der Waals surface area contributed by atoms with Crippen molar-refractivity contribution in [3.8, 4) is 0 Å². The van der Waals surface area contributed by atoms with Crippen LogP contribution in [0.2, 0.25) is 0 Å². The molecule has 0 heterocycles. The summed E-state index contributed by atoms with van der Waals surface area (Å²) in [7, 11) is 1.64. The van der Waals surface area contributed by atoms with Gasteiger partial charge < -0.3 is 14.9 Å². The van der Waals surface area contributed by atoms with Crippen LogP contribution in [0.4, 0.5) is 0 Å². The molecule has 5 heteroatoms. The lowest BCUT2D eigenvalue weighted by Gasteiger charge is -2.20. The van der Waals surface area contributed by atoms with E-state index < -0.39 is 12.1 Å². The molecule has 0 aromatic rings. The Balaban J connectivity index is 2.47. The fourth-order valence-corrected chi connectivity index (χ4v) is 3.76. The molecule has 26 heavy (non-hydrogen) atoms. The van der Waals surface area contributed by atoms with E-state index in [2.05, 4.69) is 6.92 Å². The van der Waals surface area contributed by atoms with Crippen molar-refractivity contribution in [3.05, 3.63) is 12.2 Å². The molecule has 2 N–H and O–H groups in total. The quantitative estimate of drug-likeness (QED) is 0.356. The van der Waals surface area contributed by atoms with Crippen molar-refractivity contribution in [1.82, 2.24) is 0 Å². The second kappa shape index (κ2) is 13.0. The van der Waals surface area contributed by atoms with Gasteiger partial charge >= 0.3 is 5.97 Å². The third-order valence-electron chi connectivity index (χ3n) is 5.33. The summed E-state index contributed by atoms with van der Waals surface area (Å²) in [5, 5.41) is 18.8. The molecule has 0 aliphatic heterocycles. The topological polar surface area (TPSA) is 83.8 Å². The van der Waals surface area contributed by atoms with Gasteiger partial charge in [0.25, 0.3) is 0 Å². The molecule has 0 amide bonds. The summed E-state index contributed by atoms with van der Waals surface area (Å²) in [6.07, 6.45) is 12.2. The van der Waals surface area contributed by atoms with Crippen LogP contribution in [0, 0.1) is 11.8 Å². The summed E-state index contributed by atoms with van der Waals surface area (Å²) in [4.78, 5) is 22.9. The van der Waals surface area contributed by atoms with Crippen molar-refractivity contribution in [3.63, 3.8) is 0 Å². The average Bonchev–Trinajstić information content (AvgIpc) is 2.91. The van der Waals surface area contributed by atoms with E-state index in [0.717, 1.165) is 51.4 Å². The van der Waals surface area contributed by atoms with E-state index in [1.807, 2.05) is 12.2 Å². The SMILES string of the molecule is CCCCCC(O)C=C[C@H]1[C@H](OC)CC(=O)[C@@H]1CCCCCCC(=O)O. The molecule has 0 saturated heterocycles. The normalized spacial score (nSPS) is 24.4. The number of rotatable bonds is 14. The number of carbonyl (C=O) groups excluding carboxylic acids is 1. The number of Topliss-reactive ketones (excluding diaryl/α,β-unsaturated/α-hetero) is 1. The van der Waals surface area contributed by atoms with Gasteiger partial charge in [-0.25, -0.2) is 0 Å². The van der Waals surface area contributed by atoms with Crippen molar-refractivity contribution in [1.29, 1.82) is 0 Å². The first-order valence-electron chi connectivity index (χ1n) is 10.1. The monoisotopic (exact) mass is 368 g/mol. The van der Waals surface area contributed by atoms with Gasteiger partial charge in [-0.15, -0.1) is 0 Å². The predicted octanol–water partition coefficient (Wildman–Crippen LogP) is 4.13. The van der Waals surface area contributed by atoms with Gasteiger partial charge in [0.1, 0.15) is 5.78 Å². The highest BCUT2D eigenvalue weighted by molar-refractivity contribution is 5.84. The molecule has 0 radical (unpaired) electrons. The van der Waals surface area contributed by atoms with Crippen LogP contribution in [0.3, 0.4) is 0 Å². The molecule has 1 aliphatic rings. The van der Waals surface area contributed by atoms with Gasteiger partial charge in [0.2, 0.25) is 0 Å². The largest absolute Gasteiger partial charge is 0.481 e. The predicted molar refractivity (Wildman–Crippen MR) is 102 cm³/mol. The van der Waals surface area contributed by atoms with Gasteiger partial charge in [0.05, 0.1) is 12.2 Å². The summed E-state index contributed by atoms with van der Waals surface area (Å²) in [5.41, 5.74) is 0. The van der Waals surface area contributed by atoms with Crippen LogP contribution >= 0.6 is 0 Å². The number of ether oxygens (including phenoxy) is 1. The number of hydrogen-bond donors (Lipinski definition) is 2. The Bertz CT molecular complexity index is 446. The Morgan fingerprint density at radius 3 is 2.62 bits per heavy atom.